The Kier molecular flexibility index (Phi) is 3.77. The van der Waals surface area contributed by atoms with Gasteiger partial charge in [-0.05, 0) is 12.1 Å². The zero-order valence-corrected chi connectivity index (χ0v) is 9.35. The normalized spacial score (nSPS) is 15.6. The van der Waals surface area contributed by atoms with Crippen LogP contribution in [0.25, 0.3) is 0 Å². The molecule has 0 saturated carbocycles. The van der Waals surface area contributed by atoms with E-state index in [2.05, 4.69) is 5.32 Å². The van der Waals surface area contributed by atoms with Crippen LogP contribution in [0.4, 0.5) is 0 Å². The fourth-order valence-corrected chi connectivity index (χ4v) is 1.58. The number of ether oxygens (including phenoxy) is 1. The van der Waals surface area contributed by atoms with Crippen LogP contribution in [0.3, 0.4) is 0 Å². The van der Waals surface area contributed by atoms with E-state index in [1.807, 2.05) is 0 Å². The number of amides is 2. The van der Waals surface area contributed by atoms with Crippen molar-refractivity contribution < 1.29 is 18.7 Å². The zero-order valence-electron chi connectivity index (χ0n) is 9.35. The first-order valence-electron chi connectivity index (χ1n) is 5.44. The van der Waals surface area contributed by atoms with Gasteiger partial charge in [0.2, 0.25) is 5.91 Å². The van der Waals surface area contributed by atoms with E-state index >= 15 is 0 Å². The van der Waals surface area contributed by atoms with Crippen LogP contribution in [-0.2, 0) is 9.53 Å². The van der Waals surface area contributed by atoms with Gasteiger partial charge in [0, 0.05) is 13.1 Å². The van der Waals surface area contributed by atoms with Gasteiger partial charge in [-0.2, -0.15) is 0 Å². The van der Waals surface area contributed by atoms with Gasteiger partial charge >= 0.3 is 0 Å². The Morgan fingerprint density at radius 3 is 2.76 bits per heavy atom. The Hall–Kier alpha value is -1.82. The first-order chi connectivity index (χ1) is 8.27. The Labute approximate surface area is 98.5 Å². The van der Waals surface area contributed by atoms with E-state index in [1.165, 1.54) is 6.26 Å². The molecule has 1 aromatic rings. The molecule has 92 valence electrons. The van der Waals surface area contributed by atoms with Gasteiger partial charge in [0.1, 0.15) is 0 Å². The predicted molar refractivity (Wildman–Crippen MR) is 58.4 cm³/mol. The monoisotopic (exact) mass is 238 g/mol. The standard InChI is InChI=1S/C11H14N2O4/c14-10(13-3-6-16-7-4-13)8-12-11(15)9-2-1-5-17-9/h1-2,5H,3-4,6-8H2,(H,12,15). The third kappa shape index (κ3) is 3.07. The van der Waals surface area contributed by atoms with Crippen molar-refractivity contribution in [2.75, 3.05) is 32.8 Å². The molecule has 1 N–H and O–H groups in total. The molecule has 0 spiro atoms. The van der Waals surface area contributed by atoms with Gasteiger partial charge in [0.05, 0.1) is 26.0 Å². The lowest BCUT2D eigenvalue weighted by Crippen LogP contribution is -2.45. The molecular weight excluding hydrogens is 224 g/mol. The molecule has 1 aliphatic rings. The summed E-state index contributed by atoms with van der Waals surface area (Å²) in [5.41, 5.74) is 0. The number of carbonyl (C=O) groups is 2. The minimum absolute atomic E-state index is 0.0144. The highest BCUT2D eigenvalue weighted by molar-refractivity contribution is 5.94. The Balaban J connectivity index is 1.77. The van der Waals surface area contributed by atoms with E-state index in [1.54, 1.807) is 17.0 Å². The molecule has 2 rings (SSSR count). The van der Waals surface area contributed by atoms with Crippen LogP contribution in [0.5, 0.6) is 0 Å². The van der Waals surface area contributed by atoms with Gasteiger partial charge < -0.3 is 19.4 Å². The maximum atomic E-state index is 11.7. The summed E-state index contributed by atoms with van der Waals surface area (Å²) in [5, 5.41) is 2.52. The maximum absolute atomic E-state index is 11.7. The summed E-state index contributed by atoms with van der Waals surface area (Å²) in [6.07, 6.45) is 1.42. The van der Waals surface area contributed by atoms with E-state index in [9.17, 15) is 9.59 Å². The van der Waals surface area contributed by atoms with E-state index in [0.717, 1.165) is 0 Å². The molecule has 1 fully saturated rings. The molecule has 0 atom stereocenters. The van der Waals surface area contributed by atoms with Crippen molar-refractivity contribution in [3.63, 3.8) is 0 Å². The van der Waals surface area contributed by atoms with Crippen molar-refractivity contribution in [1.82, 2.24) is 10.2 Å². The molecule has 6 nitrogen and oxygen atoms in total. The van der Waals surface area contributed by atoms with Crippen molar-refractivity contribution in [3.8, 4) is 0 Å². The molecule has 0 aromatic carbocycles. The molecule has 1 aromatic heterocycles. The van der Waals surface area contributed by atoms with Crippen molar-refractivity contribution in [3.05, 3.63) is 24.2 Å². The first-order valence-corrected chi connectivity index (χ1v) is 5.44. The third-order valence-electron chi connectivity index (χ3n) is 2.51. The summed E-state index contributed by atoms with van der Waals surface area (Å²) >= 11 is 0. The molecule has 1 saturated heterocycles. The van der Waals surface area contributed by atoms with Crippen molar-refractivity contribution in [1.29, 1.82) is 0 Å². The lowest BCUT2D eigenvalue weighted by molar-refractivity contribution is -0.134. The molecule has 0 aliphatic carbocycles. The Morgan fingerprint density at radius 2 is 2.12 bits per heavy atom. The first kappa shape index (κ1) is 11.7. The molecule has 0 unspecified atom stereocenters. The highest BCUT2D eigenvalue weighted by Crippen LogP contribution is 2.00. The van der Waals surface area contributed by atoms with Gasteiger partial charge in [-0.15, -0.1) is 0 Å². The predicted octanol–water partition coefficient (Wildman–Crippen LogP) is -0.132. The second-order valence-electron chi connectivity index (χ2n) is 3.65. The lowest BCUT2D eigenvalue weighted by Gasteiger charge is -2.26. The topological polar surface area (TPSA) is 71.8 Å². The maximum Gasteiger partial charge on any atom is 0.287 e. The van der Waals surface area contributed by atoms with Gasteiger partial charge in [-0.25, -0.2) is 0 Å². The fourth-order valence-electron chi connectivity index (χ4n) is 1.58. The van der Waals surface area contributed by atoms with Gasteiger partial charge in [0.15, 0.2) is 5.76 Å². The average molecular weight is 238 g/mol. The average Bonchev–Trinajstić information content (AvgIpc) is 2.90. The van der Waals surface area contributed by atoms with E-state index in [-0.39, 0.29) is 24.1 Å². The smallest absolute Gasteiger partial charge is 0.287 e. The molecule has 1 aliphatic heterocycles. The number of carbonyl (C=O) groups excluding carboxylic acids is 2. The second kappa shape index (κ2) is 5.49. The third-order valence-corrected chi connectivity index (χ3v) is 2.51. The van der Waals surface area contributed by atoms with Gasteiger partial charge in [0.25, 0.3) is 5.91 Å². The van der Waals surface area contributed by atoms with Crippen molar-refractivity contribution in [2.45, 2.75) is 0 Å². The van der Waals surface area contributed by atoms with Crippen molar-refractivity contribution in [2.24, 2.45) is 0 Å². The van der Waals surface area contributed by atoms with Crippen LogP contribution < -0.4 is 5.32 Å². The van der Waals surface area contributed by atoms with Crippen LogP contribution in [-0.4, -0.2) is 49.6 Å². The van der Waals surface area contributed by atoms with Crippen LogP contribution in [0.15, 0.2) is 22.8 Å². The Bertz CT molecular complexity index is 382. The van der Waals surface area contributed by atoms with Gasteiger partial charge in [-0.1, -0.05) is 0 Å². The van der Waals surface area contributed by atoms with Crippen LogP contribution in [0.2, 0.25) is 0 Å². The van der Waals surface area contributed by atoms with Gasteiger partial charge in [-0.3, -0.25) is 9.59 Å². The summed E-state index contributed by atoms with van der Waals surface area (Å²) in [4.78, 5) is 24.9. The highest BCUT2D eigenvalue weighted by Gasteiger charge is 2.17. The SMILES string of the molecule is O=C(NCC(=O)N1CCOCC1)c1ccco1. The molecule has 0 bridgehead atoms. The molecular formula is C11H14N2O4. The molecule has 0 radical (unpaired) electrons. The number of nitrogens with zero attached hydrogens (tertiary/aromatic N) is 1. The van der Waals surface area contributed by atoms with E-state index in [0.29, 0.717) is 26.3 Å². The number of hydrogen-bond donors (Lipinski definition) is 1. The molecule has 2 heterocycles. The summed E-state index contributed by atoms with van der Waals surface area (Å²) < 4.78 is 10.1. The summed E-state index contributed by atoms with van der Waals surface area (Å²) in [6, 6.07) is 3.17. The number of morpholine rings is 1. The summed E-state index contributed by atoms with van der Waals surface area (Å²) in [5.74, 6) is -0.274. The Morgan fingerprint density at radius 1 is 1.35 bits per heavy atom. The molecule has 17 heavy (non-hydrogen) atoms. The minimum Gasteiger partial charge on any atom is -0.459 e. The number of hydrogen-bond acceptors (Lipinski definition) is 4. The van der Waals surface area contributed by atoms with Crippen molar-refractivity contribution >= 4 is 11.8 Å². The fraction of sp³-hybridized carbons (Fsp3) is 0.455. The van der Waals surface area contributed by atoms with Crippen LogP contribution in [0.1, 0.15) is 10.6 Å². The molecule has 2 amide bonds. The number of nitrogens with one attached hydrogen (secondary N) is 1. The zero-order chi connectivity index (χ0) is 12.1. The second-order valence-corrected chi connectivity index (χ2v) is 3.65. The quantitative estimate of drug-likeness (QED) is 0.796. The lowest BCUT2D eigenvalue weighted by atomic mass is 10.3. The van der Waals surface area contributed by atoms with Crippen LogP contribution in [0, 0.1) is 0 Å². The van der Waals surface area contributed by atoms with Crippen LogP contribution >= 0.6 is 0 Å². The summed E-state index contributed by atoms with van der Waals surface area (Å²) in [7, 11) is 0. The van der Waals surface area contributed by atoms with E-state index in [4.69, 9.17) is 9.15 Å². The van der Waals surface area contributed by atoms with E-state index < -0.39 is 0 Å². The minimum atomic E-state index is -0.378. The number of rotatable bonds is 3. The summed E-state index contributed by atoms with van der Waals surface area (Å²) in [6.45, 7) is 2.25. The number of furan rings is 1. The largest absolute Gasteiger partial charge is 0.459 e. The highest BCUT2D eigenvalue weighted by atomic mass is 16.5. The molecule has 6 heteroatoms.